The van der Waals surface area contributed by atoms with Gasteiger partial charge in [-0.3, -0.25) is 14.2 Å². The van der Waals surface area contributed by atoms with Crippen molar-refractivity contribution >= 4 is 28.9 Å². The van der Waals surface area contributed by atoms with E-state index in [1.807, 2.05) is 60.7 Å². The number of hydrogen-bond donors (Lipinski definition) is 2. The maximum atomic E-state index is 13.9. The fourth-order valence-electron chi connectivity index (χ4n) is 4.13. The molecule has 1 aliphatic heterocycles. The molecule has 34 heavy (non-hydrogen) atoms. The number of likely N-dealkylation sites (N-methyl/N-ethyl adjacent to an activating group) is 1. The lowest BCUT2D eigenvalue weighted by molar-refractivity contribution is -0.923. The smallest absolute Gasteiger partial charge is 0.265 e. The molecule has 9 heteroatoms. The van der Waals surface area contributed by atoms with Crippen LogP contribution in [0.2, 0.25) is 0 Å². The number of benzene rings is 2. The number of rotatable bonds is 12. The fourth-order valence-corrected chi connectivity index (χ4v) is 6.43. The van der Waals surface area contributed by atoms with E-state index in [4.69, 9.17) is 9.29 Å². The third-order valence-corrected chi connectivity index (χ3v) is 9.03. The number of quaternary nitrogens is 1. The zero-order chi connectivity index (χ0) is 24.7. The summed E-state index contributed by atoms with van der Waals surface area (Å²) in [5, 5.41) is 3.27. The molecule has 0 unspecified atom stereocenters. The molecule has 0 aliphatic carbocycles. The minimum Gasteiger partial charge on any atom is -0.456 e. The van der Waals surface area contributed by atoms with Crippen LogP contribution >= 0.6 is 7.29 Å². The molecule has 0 aromatic heterocycles. The summed E-state index contributed by atoms with van der Waals surface area (Å²) in [4.78, 5) is 0. The van der Waals surface area contributed by atoms with Crippen LogP contribution in [0.25, 0.3) is 11.5 Å². The van der Waals surface area contributed by atoms with Crippen LogP contribution in [-0.2, 0) is 19.4 Å². The maximum Gasteiger partial charge on any atom is 0.265 e. The predicted molar refractivity (Wildman–Crippen MR) is 138 cm³/mol. The van der Waals surface area contributed by atoms with E-state index < -0.39 is 17.4 Å². The second kappa shape index (κ2) is 11.5. The first-order valence-electron chi connectivity index (χ1n) is 11.6. The summed E-state index contributed by atoms with van der Waals surface area (Å²) in [5.41, 5.74) is 1.70. The molecule has 2 aromatic carbocycles. The molecular weight excluding hydrogens is 471 g/mol. The van der Waals surface area contributed by atoms with Crippen molar-refractivity contribution in [2.75, 3.05) is 38.5 Å². The van der Waals surface area contributed by atoms with E-state index in [2.05, 4.69) is 18.9 Å². The Balaban J connectivity index is 1.79. The third kappa shape index (κ3) is 7.39. The predicted octanol–water partition coefficient (Wildman–Crippen LogP) is 5.02. The molecule has 0 saturated heterocycles. The summed E-state index contributed by atoms with van der Waals surface area (Å²) in [7, 11) is -7.04. The van der Waals surface area contributed by atoms with E-state index in [1.54, 1.807) is 11.6 Å². The van der Waals surface area contributed by atoms with Crippen LogP contribution in [0.4, 0.5) is 0 Å². The molecule has 2 N–H and O–H groups in total. The van der Waals surface area contributed by atoms with E-state index in [0.29, 0.717) is 42.1 Å². The number of hydrogen-bond acceptors (Lipinski definition) is 4. The van der Waals surface area contributed by atoms with Gasteiger partial charge >= 0.3 is 0 Å². The molecule has 2 aromatic rings. The van der Waals surface area contributed by atoms with Gasteiger partial charge in [0.25, 0.3) is 10.1 Å². The molecule has 0 saturated carbocycles. The van der Waals surface area contributed by atoms with Gasteiger partial charge in [-0.2, -0.15) is 8.42 Å². The first-order valence-corrected chi connectivity index (χ1v) is 15.0. The minimum absolute atomic E-state index is 0.247. The molecule has 184 valence electrons. The van der Waals surface area contributed by atoms with Crippen LogP contribution in [0.1, 0.15) is 31.4 Å². The molecule has 0 fully saturated rings. The molecule has 0 atom stereocenters. The summed E-state index contributed by atoms with van der Waals surface area (Å²) in [6.07, 6.45) is 0.377. The summed E-state index contributed by atoms with van der Waals surface area (Å²) in [6.45, 7) is 7.55. The monoisotopic (exact) mass is 505 g/mol. The Morgan fingerprint density at radius 1 is 0.882 bits per heavy atom. The van der Waals surface area contributed by atoms with Crippen molar-refractivity contribution in [3.05, 3.63) is 83.4 Å². The van der Waals surface area contributed by atoms with Gasteiger partial charge < -0.3 is 9.22 Å². The van der Waals surface area contributed by atoms with Gasteiger partial charge in [0.1, 0.15) is 11.5 Å². The molecule has 3 rings (SSSR count). The van der Waals surface area contributed by atoms with Gasteiger partial charge in [0.15, 0.2) is 7.29 Å². The maximum absolute atomic E-state index is 13.9. The first-order chi connectivity index (χ1) is 16.2. The Hall–Kier alpha value is -2.22. The van der Waals surface area contributed by atoms with Crippen molar-refractivity contribution < 1.29 is 26.8 Å². The first kappa shape index (κ1) is 26.4. The zero-order valence-corrected chi connectivity index (χ0v) is 21.5. The van der Waals surface area contributed by atoms with Crippen molar-refractivity contribution in [1.82, 2.24) is 5.09 Å². The van der Waals surface area contributed by atoms with E-state index >= 15 is 0 Å². The highest BCUT2D eigenvalue weighted by atomic mass is 32.2. The molecular formula is C25H34N2O5PS+. The lowest BCUT2D eigenvalue weighted by atomic mass is 10.2. The second-order valence-corrected chi connectivity index (χ2v) is 12.3. The summed E-state index contributed by atoms with van der Waals surface area (Å²) in [6, 6.07) is 19.2. The third-order valence-electron chi connectivity index (χ3n) is 6.28. The lowest BCUT2D eigenvalue weighted by Gasteiger charge is -2.37. The van der Waals surface area contributed by atoms with E-state index in [1.165, 1.54) is 0 Å². The summed E-state index contributed by atoms with van der Waals surface area (Å²) in [5.74, 6) is 4.22. The van der Waals surface area contributed by atoms with Gasteiger partial charge in [-0.25, -0.2) is 0 Å². The largest absolute Gasteiger partial charge is 0.456 e. The average molecular weight is 506 g/mol. The van der Waals surface area contributed by atoms with Gasteiger partial charge in [0.2, 0.25) is 0 Å². The molecule has 7 nitrogen and oxygen atoms in total. The van der Waals surface area contributed by atoms with Crippen LogP contribution in [0.3, 0.4) is 0 Å². The van der Waals surface area contributed by atoms with Crippen LogP contribution < -0.4 is 5.09 Å². The Morgan fingerprint density at radius 3 is 1.82 bits per heavy atom. The molecule has 1 aliphatic rings. The quantitative estimate of drug-likeness (QED) is 0.239. The molecule has 0 amide bonds. The van der Waals surface area contributed by atoms with Gasteiger partial charge in [-0.05, 0) is 13.8 Å². The van der Waals surface area contributed by atoms with Gasteiger partial charge in [-0.1, -0.05) is 60.7 Å². The highest BCUT2D eigenvalue weighted by molar-refractivity contribution is 7.85. The summed E-state index contributed by atoms with van der Waals surface area (Å²) >= 11 is 0. The van der Waals surface area contributed by atoms with Gasteiger partial charge in [0.05, 0.1) is 38.5 Å². The Kier molecular flexibility index (Phi) is 8.90. The van der Waals surface area contributed by atoms with Crippen molar-refractivity contribution in [2.45, 2.75) is 20.3 Å². The normalized spacial score (nSPS) is 15.9. The topological polar surface area (TPSA) is 92.7 Å². The second-order valence-electron chi connectivity index (χ2n) is 8.50. The van der Waals surface area contributed by atoms with E-state index in [-0.39, 0.29) is 5.75 Å². The lowest BCUT2D eigenvalue weighted by Crippen LogP contribution is -2.51. The van der Waals surface area contributed by atoms with Crippen LogP contribution in [0.15, 0.2) is 72.3 Å². The Morgan fingerprint density at radius 2 is 1.38 bits per heavy atom. The number of ether oxygens (including phenoxy) is 1. The average Bonchev–Trinajstić information content (AvgIpc) is 2.83. The van der Waals surface area contributed by atoms with Crippen LogP contribution in [-0.4, -0.2) is 55.9 Å². The fraction of sp³-hybridized carbons (Fsp3) is 0.360. The standard InChI is InChI=1S/C25H33N2O5PS/c1-3-27(4-2,17-11-19-34(29,30)31)18-16-26-33(28)20-24(22-12-7-5-8-13-22)32-25(21-33)23-14-9-6-10-15-23/h5-10,12-15,20-21H,3-4,11,16-19H2,1-2H3,(H-,26,28,29,30,31)/p+1. The summed E-state index contributed by atoms with van der Waals surface area (Å²) < 4.78 is 52.1. The van der Waals surface area contributed by atoms with E-state index in [9.17, 15) is 13.0 Å². The molecule has 0 radical (unpaired) electrons. The number of nitrogens with zero attached hydrogens (tertiary/aromatic N) is 1. The Bertz CT molecular complexity index is 1100. The SMILES string of the molecule is CC[N+](CC)(CCCS(=O)(=O)O)CCNP1(=O)C=C(c2ccccc2)OC(c2ccccc2)=C1. The van der Waals surface area contributed by atoms with Crippen molar-refractivity contribution in [3.63, 3.8) is 0 Å². The molecule has 1 heterocycles. The van der Waals surface area contributed by atoms with Crippen LogP contribution in [0.5, 0.6) is 0 Å². The van der Waals surface area contributed by atoms with Crippen molar-refractivity contribution in [3.8, 4) is 0 Å². The number of nitrogens with one attached hydrogen (secondary N) is 1. The van der Waals surface area contributed by atoms with Gasteiger partial charge in [-0.15, -0.1) is 0 Å². The highest BCUT2D eigenvalue weighted by Crippen LogP contribution is 2.53. The molecule has 0 bridgehead atoms. The van der Waals surface area contributed by atoms with E-state index in [0.717, 1.165) is 24.2 Å². The Labute approximate surface area is 202 Å². The minimum atomic E-state index is -3.98. The molecule has 0 spiro atoms. The van der Waals surface area contributed by atoms with Gasteiger partial charge in [0, 0.05) is 29.2 Å². The highest BCUT2D eigenvalue weighted by Gasteiger charge is 2.29. The zero-order valence-electron chi connectivity index (χ0n) is 19.8. The van der Waals surface area contributed by atoms with Crippen molar-refractivity contribution in [1.29, 1.82) is 0 Å². The van der Waals surface area contributed by atoms with Crippen LogP contribution in [0, 0.1) is 0 Å². The van der Waals surface area contributed by atoms with Crippen molar-refractivity contribution in [2.24, 2.45) is 0 Å².